The molecule has 0 bridgehead atoms. The number of allylic oxidation sites excluding steroid dienone is 2. The molecule has 1 unspecified atom stereocenters. The van der Waals surface area contributed by atoms with Crippen molar-refractivity contribution < 1.29 is 28.9 Å². The highest BCUT2D eigenvalue weighted by atomic mass is 16.7. The number of ether oxygens (including phenoxy) is 3. The molecule has 1 saturated heterocycles. The van der Waals surface area contributed by atoms with Gasteiger partial charge in [0.25, 0.3) is 0 Å². The van der Waals surface area contributed by atoms with E-state index in [9.17, 15) is 14.7 Å². The van der Waals surface area contributed by atoms with Gasteiger partial charge in [0, 0.05) is 38.1 Å². The lowest BCUT2D eigenvalue weighted by atomic mass is 9.77. The number of amides is 1. The lowest BCUT2D eigenvalue weighted by Crippen LogP contribution is -2.46. The molecule has 3 rings (SSSR count). The normalized spacial score (nSPS) is 21.5. The minimum atomic E-state index is -0.873. The Bertz CT molecular complexity index is 979. The van der Waals surface area contributed by atoms with Gasteiger partial charge in [-0.15, -0.1) is 0 Å². The van der Waals surface area contributed by atoms with Crippen LogP contribution in [0.25, 0.3) is 0 Å². The Balaban J connectivity index is 1.98. The van der Waals surface area contributed by atoms with Gasteiger partial charge in [0.15, 0.2) is 11.5 Å². The van der Waals surface area contributed by atoms with Gasteiger partial charge in [-0.05, 0) is 42.9 Å². The highest BCUT2D eigenvalue weighted by Gasteiger charge is 2.49. The maximum absolute atomic E-state index is 13.4. The van der Waals surface area contributed by atoms with E-state index in [2.05, 4.69) is 31.7 Å². The van der Waals surface area contributed by atoms with E-state index < -0.39 is 11.9 Å². The fraction of sp³-hybridized carbons (Fsp3) is 0.643. The number of nitrogens with zero attached hydrogens (tertiary/aromatic N) is 2. The molecule has 37 heavy (non-hydrogen) atoms. The van der Waals surface area contributed by atoms with Crippen molar-refractivity contribution in [1.82, 2.24) is 9.80 Å². The SMILES string of the molecule is CC=CC(C)(C)C[C@H]1C(C(=O)O)[C@@H](c2cc(OC)c3c(c2)OCO3)CN1CC(=O)N(CCN)CCCC. The number of hydrogen-bond acceptors (Lipinski definition) is 7. The molecule has 1 amide bonds. The molecule has 0 radical (unpaired) electrons. The van der Waals surface area contributed by atoms with Crippen molar-refractivity contribution in [3.8, 4) is 17.2 Å². The monoisotopic (exact) mass is 517 g/mol. The number of aliphatic carboxylic acids is 1. The van der Waals surface area contributed by atoms with Crippen LogP contribution in [0.5, 0.6) is 17.2 Å². The van der Waals surface area contributed by atoms with E-state index in [1.807, 2.05) is 30.0 Å². The third kappa shape index (κ3) is 6.76. The van der Waals surface area contributed by atoms with Crippen LogP contribution in [0.15, 0.2) is 24.3 Å². The summed E-state index contributed by atoms with van der Waals surface area (Å²) < 4.78 is 16.7. The second-order valence-corrected chi connectivity index (χ2v) is 10.6. The summed E-state index contributed by atoms with van der Waals surface area (Å²) in [5.74, 6) is -0.346. The number of unbranched alkanes of at least 4 members (excludes halogenated alkanes) is 1. The minimum Gasteiger partial charge on any atom is -0.493 e. The van der Waals surface area contributed by atoms with Crippen LogP contribution in [0.2, 0.25) is 0 Å². The summed E-state index contributed by atoms with van der Waals surface area (Å²) in [6, 6.07) is 3.36. The van der Waals surface area contributed by atoms with Crippen LogP contribution in [0.1, 0.15) is 58.4 Å². The van der Waals surface area contributed by atoms with E-state index in [-0.39, 0.29) is 36.6 Å². The number of benzene rings is 1. The molecule has 0 aromatic heterocycles. The van der Waals surface area contributed by atoms with E-state index in [0.29, 0.717) is 49.8 Å². The summed E-state index contributed by atoms with van der Waals surface area (Å²) in [5, 5.41) is 10.5. The number of nitrogens with two attached hydrogens (primary N) is 1. The molecule has 2 aliphatic rings. The number of fused-ring (bicyclic) bond motifs is 1. The number of rotatable bonds is 13. The molecule has 1 fully saturated rings. The predicted molar refractivity (Wildman–Crippen MR) is 142 cm³/mol. The molecule has 0 saturated carbocycles. The van der Waals surface area contributed by atoms with Gasteiger partial charge in [-0.1, -0.05) is 39.3 Å². The number of hydrogen-bond donors (Lipinski definition) is 2. The molecule has 0 aliphatic carbocycles. The zero-order chi connectivity index (χ0) is 27.2. The van der Waals surface area contributed by atoms with Crippen molar-refractivity contribution in [3.05, 3.63) is 29.8 Å². The van der Waals surface area contributed by atoms with Gasteiger partial charge in [-0.3, -0.25) is 14.5 Å². The summed E-state index contributed by atoms with van der Waals surface area (Å²) in [6.07, 6.45) is 6.58. The van der Waals surface area contributed by atoms with Crippen molar-refractivity contribution in [3.63, 3.8) is 0 Å². The Morgan fingerprint density at radius 1 is 1.30 bits per heavy atom. The smallest absolute Gasteiger partial charge is 0.308 e. The maximum atomic E-state index is 13.4. The minimum absolute atomic E-state index is 0.0132. The standard InChI is InChI=1S/C28H43N3O6/c1-6-8-11-30(12-10-29)24(32)17-31-16-20(19-13-22(35-5)26-23(14-19)36-18-37-26)25(27(33)34)21(31)15-28(3,4)9-7-2/h7,9,13-14,20-21,25H,6,8,10-12,15-18,29H2,1-5H3,(H,33,34)/t20-,21+,25?/m1/s1. The van der Waals surface area contributed by atoms with Gasteiger partial charge in [0.1, 0.15) is 0 Å². The second kappa shape index (κ2) is 12.6. The number of carbonyl (C=O) groups excluding carboxylic acids is 1. The quantitative estimate of drug-likeness (QED) is 0.382. The Hall–Kier alpha value is -2.78. The molecule has 1 aromatic carbocycles. The van der Waals surface area contributed by atoms with Gasteiger partial charge >= 0.3 is 5.97 Å². The second-order valence-electron chi connectivity index (χ2n) is 10.6. The molecule has 3 N–H and O–H groups in total. The molecule has 9 heteroatoms. The number of likely N-dealkylation sites (tertiary alicyclic amines) is 1. The molecular weight excluding hydrogens is 474 g/mol. The lowest BCUT2D eigenvalue weighted by molar-refractivity contribution is -0.144. The maximum Gasteiger partial charge on any atom is 0.308 e. The third-order valence-corrected chi connectivity index (χ3v) is 7.37. The fourth-order valence-corrected chi connectivity index (χ4v) is 5.65. The summed E-state index contributed by atoms with van der Waals surface area (Å²) in [4.78, 5) is 30.1. The van der Waals surface area contributed by atoms with E-state index in [1.165, 1.54) is 0 Å². The Labute approximate surface area is 220 Å². The molecule has 9 nitrogen and oxygen atoms in total. The Kier molecular flexibility index (Phi) is 9.84. The average molecular weight is 518 g/mol. The molecule has 0 spiro atoms. The molecule has 2 heterocycles. The first-order valence-electron chi connectivity index (χ1n) is 13.2. The first-order valence-corrected chi connectivity index (χ1v) is 13.2. The third-order valence-electron chi connectivity index (χ3n) is 7.37. The molecule has 3 atom stereocenters. The Morgan fingerprint density at radius 3 is 2.68 bits per heavy atom. The first-order chi connectivity index (χ1) is 17.6. The summed E-state index contributed by atoms with van der Waals surface area (Å²) in [6.45, 7) is 10.5. The highest BCUT2D eigenvalue weighted by Crippen LogP contribution is 2.48. The van der Waals surface area contributed by atoms with Crippen molar-refractivity contribution in [2.75, 3.05) is 46.6 Å². The molecule has 1 aromatic rings. The molecule has 206 valence electrons. The van der Waals surface area contributed by atoms with Crippen molar-refractivity contribution in [2.45, 2.75) is 58.9 Å². The highest BCUT2D eigenvalue weighted by molar-refractivity contribution is 5.79. The topological polar surface area (TPSA) is 115 Å². The zero-order valence-corrected chi connectivity index (χ0v) is 22.9. The number of carboxylic acid groups (broad SMARTS) is 1. The Morgan fingerprint density at radius 2 is 2.05 bits per heavy atom. The van der Waals surface area contributed by atoms with Crippen LogP contribution >= 0.6 is 0 Å². The van der Waals surface area contributed by atoms with Gasteiger partial charge < -0.3 is 30.0 Å². The first kappa shape index (κ1) is 28.8. The van der Waals surface area contributed by atoms with Gasteiger partial charge in [0.2, 0.25) is 18.4 Å². The van der Waals surface area contributed by atoms with Crippen LogP contribution in [0, 0.1) is 11.3 Å². The molecular formula is C28H43N3O6. The molecule has 2 aliphatic heterocycles. The summed E-state index contributed by atoms with van der Waals surface area (Å²) in [7, 11) is 1.56. The van der Waals surface area contributed by atoms with Crippen LogP contribution < -0.4 is 19.9 Å². The largest absolute Gasteiger partial charge is 0.493 e. The van der Waals surface area contributed by atoms with Crippen molar-refractivity contribution in [1.29, 1.82) is 0 Å². The van der Waals surface area contributed by atoms with Crippen molar-refractivity contribution in [2.24, 2.45) is 17.1 Å². The van der Waals surface area contributed by atoms with Crippen LogP contribution in [0.3, 0.4) is 0 Å². The summed E-state index contributed by atoms with van der Waals surface area (Å²) in [5.41, 5.74) is 6.36. The predicted octanol–water partition coefficient (Wildman–Crippen LogP) is 3.47. The van der Waals surface area contributed by atoms with E-state index in [0.717, 1.165) is 18.4 Å². The zero-order valence-electron chi connectivity index (χ0n) is 22.9. The van der Waals surface area contributed by atoms with Crippen LogP contribution in [-0.2, 0) is 9.59 Å². The van der Waals surface area contributed by atoms with Crippen LogP contribution in [-0.4, -0.2) is 79.5 Å². The van der Waals surface area contributed by atoms with Crippen molar-refractivity contribution >= 4 is 11.9 Å². The van der Waals surface area contributed by atoms with Gasteiger partial charge in [0.05, 0.1) is 19.6 Å². The van der Waals surface area contributed by atoms with E-state index in [1.54, 1.807) is 7.11 Å². The number of carboxylic acids is 1. The van der Waals surface area contributed by atoms with Gasteiger partial charge in [-0.2, -0.15) is 0 Å². The number of carbonyl (C=O) groups is 2. The van der Waals surface area contributed by atoms with E-state index in [4.69, 9.17) is 19.9 Å². The average Bonchev–Trinajstić information content (AvgIpc) is 3.45. The number of methoxy groups -OCH3 is 1. The van der Waals surface area contributed by atoms with Crippen LogP contribution in [0.4, 0.5) is 0 Å². The lowest BCUT2D eigenvalue weighted by Gasteiger charge is -2.34. The fourth-order valence-electron chi connectivity index (χ4n) is 5.65. The summed E-state index contributed by atoms with van der Waals surface area (Å²) >= 11 is 0. The van der Waals surface area contributed by atoms with Gasteiger partial charge in [-0.25, -0.2) is 0 Å². The van der Waals surface area contributed by atoms with E-state index >= 15 is 0 Å².